The number of aliphatic imine (C=N–C) groups is 1. The Kier molecular flexibility index (Phi) is 21.3. The minimum atomic E-state index is -0.713. The average molecular weight is 1210 g/mol. The van der Waals surface area contributed by atoms with E-state index in [0.29, 0.717) is 90.9 Å². The van der Waals surface area contributed by atoms with Crippen molar-refractivity contribution in [1.82, 2.24) is 31.9 Å². The van der Waals surface area contributed by atoms with Crippen LogP contribution in [0.25, 0.3) is 5.57 Å². The predicted molar refractivity (Wildman–Crippen MR) is 351 cm³/mol. The van der Waals surface area contributed by atoms with Gasteiger partial charge >= 0.3 is 0 Å². The summed E-state index contributed by atoms with van der Waals surface area (Å²) < 4.78 is 5.50. The summed E-state index contributed by atoms with van der Waals surface area (Å²) >= 11 is 0. The second-order valence-corrected chi connectivity index (χ2v) is 27.9. The molecule has 12 rings (SSSR count). The number of nitrogens with one attached hydrogen (secondary N) is 6. The van der Waals surface area contributed by atoms with Gasteiger partial charge in [0.15, 0.2) is 24.1 Å². The molecular weight excluding hydrogens is 1110 g/mol. The van der Waals surface area contributed by atoms with Gasteiger partial charge in [0, 0.05) is 56.8 Å². The number of fused-ring (bicyclic) bond motifs is 13. The Morgan fingerprint density at radius 1 is 0.933 bits per heavy atom. The van der Waals surface area contributed by atoms with Gasteiger partial charge < -0.3 is 68.5 Å². The Bertz CT molecular complexity index is 3190. The van der Waals surface area contributed by atoms with Gasteiger partial charge in [-0.1, -0.05) is 72.7 Å². The number of allylic oxidation sites excluding steroid dienone is 3. The summed E-state index contributed by atoms with van der Waals surface area (Å²) in [6.07, 6.45) is 22.5. The number of benzene rings is 3. The first-order chi connectivity index (χ1) is 43.2. The second kappa shape index (κ2) is 29.4. The number of ether oxygens (including phenoxy) is 1. The zero-order valence-electron chi connectivity index (χ0n) is 52.5. The molecule has 5 bridgehead atoms. The molecule has 5 aliphatic heterocycles. The number of hydrogen-bond acceptors (Lipinski definition) is 16. The smallest absolute Gasteiger partial charge is 0.202 e. The summed E-state index contributed by atoms with van der Waals surface area (Å²) in [4.78, 5) is 33.8. The number of piperidine rings is 1. The third-order valence-electron chi connectivity index (χ3n) is 22.2. The highest BCUT2D eigenvalue weighted by Crippen LogP contribution is 2.71. The van der Waals surface area contributed by atoms with Crippen LogP contribution >= 0.6 is 0 Å². The molecule has 1 saturated heterocycles. The van der Waals surface area contributed by atoms with Crippen LogP contribution < -0.4 is 48.1 Å². The summed E-state index contributed by atoms with van der Waals surface area (Å²) in [5.41, 5.74) is 20.0. The number of nitrogens with zero attached hydrogens (tertiary/aromatic N) is 1. The van der Waals surface area contributed by atoms with E-state index in [0.717, 1.165) is 107 Å². The van der Waals surface area contributed by atoms with E-state index >= 15 is 0 Å². The molecule has 16 nitrogen and oxygen atoms in total. The summed E-state index contributed by atoms with van der Waals surface area (Å²) in [7, 11) is 2.07. The van der Waals surface area contributed by atoms with Crippen molar-refractivity contribution in [2.45, 2.75) is 140 Å². The molecule has 0 radical (unpaired) electrons. The summed E-state index contributed by atoms with van der Waals surface area (Å²) in [6, 6.07) is 25.9. The number of carbonyl (C=O) groups excluding carboxylic acids is 2. The number of aliphatic hydroxyl groups is 3. The first-order valence-corrected chi connectivity index (χ1v) is 33.5. The highest BCUT2D eigenvalue weighted by molar-refractivity contribution is 6.08. The van der Waals surface area contributed by atoms with Crippen molar-refractivity contribution in [2.75, 3.05) is 59.7 Å². The van der Waals surface area contributed by atoms with Gasteiger partial charge in [0.2, 0.25) is 5.96 Å². The number of carbonyl (C=O) groups is 2. The molecular formula is C73H99N9O7. The number of phenols is 1. The number of nitrogens with two attached hydrogens (primary N) is 2. The Morgan fingerprint density at radius 2 is 1.76 bits per heavy atom. The topological polar surface area (TPSA) is 261 Å². The van der Waals surface area contributed by atoms with Gasteiger partial charge in [-0.3, -0.25) is 9.59 Å². The van der Waals surface area contributed by atoms with Crippen LogP contribution in [-0.4, -0.2) is 122 Å². The Balaban J connectivity index is 0.953. The number of aliphatic hydroxyl groups excluding tert-OH is 3. The number of ketones is 2. The number of Topliss-reactive ketones (excluding diaryl/α,β-unsaturated/α-hetero) is 1. The van der Waals surface area contributed by atoms with Crippen LogP contribution in [0.15, 0.2) is 113 Å². The molecule has 4 aliphatic carbocycles. The Labute approximate surface area is 527 Å². The molecule has 14 N–H and O–H groups in total. The lowest BCUT2D eigenvalue weighted by atomic mass is 9.52. The van der Waals surface area contributed by atoms with Crippen LogP contribution in [0.4, 0.5) is 0 Å². The number of dihydropyridines is 1. The molecule has 15 atom stereocenters. The van der Waals surface area contributed by atoms with Gasteiger partial charge in [-0.15, -0.1) is 0 Å². The lowest BCUT2D eigenvalue weighted by Crippen LogP contribution is -2.57. The third-order valence-corrected chi connectivity index (χ3v) is 22.2. The van der Waals surface area contributed by atoms with Crippen LogP contribution in [0.5, 0.6) is 11.5 Å². The summed E-state index contributed by atoms with van der Waals surface area (Å²) in [5.74, 6) is 6.20. The van der Waals surface area contributed by atoms with E-state index in [2.05, 4.69) is 117 Å². The predicted octanol–water partition coefficient (Wildman–Crippen LogP) is 6.72. The molecule has 0 amide bonds. The number of hydrogen-bond donors (Lipinski definition) is 12. The van der Waals surface area contributed by atoms with E-state index in [1.807, 2.05) is 25.3 Å². The lowest BCUT2D eigenvalue weighted by molar-refractivity contribution is -0.126. The lowest BCUT2D eigenvalue weighted by Gasteiger charge is -2.55. The van der Waals surface area contributed by atoms with E-state index in [1.54, 1.807) is 12.1 Å². The monoisotopic (exact) mass is 1210 g/mol. The zero-order chi connectivity index (χ0) is 62.1. The highest BCUT2D eigenvalue weighted by Gasteiger charge is 2.67. The quantitative estimate of drug-likeness (QED) is 0.0327. The van der Waals surface area contributed by atoms with Crippen LogP contribution in [-0.2, 0) is 35.3 Å². The second-order valence-electron chi connectivity index (χ2n) is 27.9. The highest BCUT2D eigenvalue weighted by atomic mass is 16.6. The molecule has 1 spiro atoms. The van der Waals surface area contributed by atoms with Gasteiger partial charge in [-0.05, 0) is 256 Å². The number of aryl methyl sites for hydroxylation is 2. The normalized spacial score (nSPS) is 33.4. The van der Waals surface area contributed by atoms with Crippen LogP contribution in [0.2, 0.25) is 0 Å². The van der Waals surface area contributed by atoms with Crippen molar-refractivity contribution in [1.29, 1.82) is 0 Å². The zero-order valence-corrected chi connectivity index (χ0v) is 52.5. The van der Waals surface area contributed by atoms with Crippen molar-refractivity contribution >= 4 is 23.1 Å². The standard InChI is InChI=1S/C73H99N9O7/c1-46(85)40-81-68-39-72(38-64-61-20-23-77-42-55(61)28-52-14-8-21-78-70(52)64)35-50-17-18-67(72)73(68)36-53(58(37-73)41-76-2)19-24-80-71(75)79-22-7-13-51(26-49-12-6-11-48(25-49)16-15-47-9-4-3-5-10-47)63-34-69(74)82-43-56(63)29-54-31-65(88)66(89-45-84)33-62(54)57(44-83)30-60(87)32-59(86)27-50/h3-6,8-12,14,25,30-31,33-34,43,46,50-53,55,58,61,64,67-70,76-78,81-85,88H,13,15-21,23-24,26-29,32,35-42,44-45,74H2,1-2H3,(H3,75,79,80)/b57-30+/t46-,50+,51+,52-,53-,55-,58-,61+,64+,67+,68+,69?,70+,72-,73-/m0/s1. The van der Waals surface area contributed by atoms with E-state index in [9.17, 15) is 30.0 Å². The third kappa shape index (κ3) is 15.1. The van der Waals surface area contributed by atoms with E-state index in [-0.39, 0.29) is 70.4 Å². The molecule has 5 heterocycles. The first-order valence-electron chi connectivity index (χ1n) is 33.5. The molecule has 4 saturated carbocycles. The SMILES string of the molecule is CNC[C@@H]1C[C@@]23C[C@@H]1CCNC(N)=NC#CC[C@H](Cc1cccc(CCc4ccccc4)c1)C1=CC(N)NC=C1Cc1cc(O)c(OCO)cc1/C(CO)=C/C(=O)CC(=O)C[C@H]1CC[C@@H]2[C@](C[C@@H]2[C@@H]4CCNC[C@@H]4C[C@@H]4C=CCN[C@@H]24)(C1)C[C@H]3NC[C@H](C)O. The average Bonchev–Trinajstić information content (AvgIpc) is 1.58. The van der Waals surface area contributed by atoms with Crippen LogP contribution in [0, 0.1) is 76.1 Å². The van der Waals surface area contributed by atoms with Crippen molar-refractivity contribution in [2.24, 2.45) is 80.6 Å². The van der Waals surface area contributed by atoms with Crippen LogP contribution in [0.1, 0.15) is 118 Å². The minimum absolute atomic E-state index is 0.0185. The van der Waals surface area contributed by atoms with Gasteiger partial charge in [-0.25, -0.2) is 0 Å². The summed E-state index contributed by atoms with van der Waals surface area (Å²) in [6.45, 7) is 5.66. The fraction of sp³-hybridized carbons (Fsp3) is 0.575. The summed E-state index contributed by atoms with van der Waals surface area (Å²) in [5, 5.41) is 65.9. The van der Waals surface area contributed by atoms with Crippen molar-refractivity contribution in [3.8, 4) is 23.5 Å². The van der Waals surface area contributed by atoms with E-state index in [1.165, 1.54) is 30.0 Å². The Hall–Kier alpha value is -6.13. The minimum Gasteiger partial charge on any atom is -0.504 e. The van der Waals surface area contributed by atoms with Crippen LogP contribution in [0.3, 0.4) is 0 Å². The molecule has 3 aromatic carbocycles. The molecule has 3 aromatic rings. The number of phenolic OH excluding ortho intramolecular Hbond substituents is 1. The largest absolute Gasteiger partial charge is 0.504 e. The fourth-order valence-electron chi connectivity index (χ4n) is 18.7. The molecule has 1 unspecified atom stereocenters. The van der Waals surface area contributed by atoms with Gasteiger partial charge in [0.1, 0.15) is 5.78 Å². The maximum atomic E-state index is 14.7. The van der Waals surface area contributed by atoms with Gasteiger partial charge in [0.05, 0.1) is 25.3 Å². The van der Waals surface area contributed by atoms with Crippen molar-refractivity contribution in [3.05, 3.63) is 136 Å². The Morgan fingerprint density at radius 3 is 2.58 bits per heavy atom. The van der Waals surface area contributed by atoms with Gasteiger partial charge in [0.25, 0.3) is 0 Å². The van der Waals surface area contributed by atoms with Gasteiger partial charge in [-0.2, -0.15) is 4.99 Å². The maximum Gasteiger partial charge on any atom is 0.202 e. The van der Waals surface area contributed by atoms with E-state index in [4.69, 9.17) is 16.2 Å². The van der Waals surface area contributed by atoms with Crippen molar-refractivity contribution in [3.63, 3.8) is 0 Å². The molecule has 5 fully saturated rings. The van der Waals surface area contributed by atoms with E-state index < -0.39 is 31.5 Å². The molecule has 0 aromatic heterocycles. The number of rotatable bonds is 15. The molecule has 89 heavy (non-hydrogen) atoms. The molecule has 9 aliphatic rings. The number of guanidine groups is 1. The molecule has 16 heteroatoms. The molecule has 478 valence electrons. The maximum absolute atomic E-state index is 14.7. The first kappa shape index (κ1) is 64.4. The fourth-order valence-corrected chi connectivity index (χ4v) is 18.7. The number of aromatic hydroxyl groups is 1. The van der Waals surface area contributed by atoms with Crippen molar-refractivity contribution < 1.29 is 34.8 Å².